The number of hydrogen-bond acceptors (Lipinski definition) is 3. The van der Waals surface area contributed by atoms with Gasteiger partial charge in [-0.3, -0.25) is 4.57 Å². The van der Waals surface area contributed by atoms with Crippen molar-refractivity contribution in [2.24, 2.45) is 0 Å². The van der Waals surface area contributed by atoms with Crippen LogP contribution in [0.1, 0.15) is 44.2 Å². The van der Waals surface area contributed by atoms with Gasteiger partial charge in [0, 0.05) is 18.3 Å². The molecule has 0 radical (unpaired) electrons. The van der Waals surface area contributed by atoms with Crippen LogP contribution in [-0.2, 0) is 0 Å². The number of aromatic nitrogens is 3. The van der Waals surface area contributed by atoms with E-state index in [-0.39, 0.29) is 0 Å². The second kappa shape index (κ2) is 6.02. The molecule has 2 aromatic rings. The van der Waals surface area contributed by atoms with E-state index < -0.39 is 0 Å². The Labute approximate surface area is 130 Å². The molecule has 1 N–H and O–H groups in total. The van der Waals surface area contributed by atoms with Crippen LogP contribution in [0.25, 0.3) is 0 Å². The van der Waals surface area contributed by atoms with E-state index >= 15 is 0 Å². The van der Waals surface area contributed by atoms with E-state index in [4.69, 9.17) is 12.2 Å². The minimum atomic E-state index is 0.491. The van der Waals surface area contributed by atoms with E-state index in [2.05, 4.69) is 57.8 Å². The minimum absolute atomic E-state index is 0.491. The van der Waals surface area contributed by atoms with Gasteiger partial charge in [-0.05, 0) is 56.6 Å². The molecule has 0 amide bonds. The topological polar surface area (TPSA) is 36.9 Å². The molecule has 112 valence electrons. The van der Waals surface area contributed by atoms with Crippen molar-refractivity contribution in [1.29, 1.82) is 0 Å². The molecule has 1 aromatic carbocycles. The number of hydrogen-bond donors (Lipinski definition) is 1. The maximum absolute atomic E-state index is 5.47. The van der Waals surface area contributed by atoms with Crippen molar-refractivity contribution in [3.05, 3.63) is 34.6 Å². The fraction of sp³-hybridized carbons (Fsp3) is 0.500. The second-order valence-corrected chi connectivity index (χ2v) is 6.11. The third-order valence-corrected chi connectivity index (χ3v) is 4.53. The van der Waals surface area contributed by atoms with E-state index in [0.717, 1.165) is 17.3 Å². The highest BCUT2D eigenvalue weighted by molar-refractivity contribution is 7.71. The van der Waals surface area contributed by atoms with Crippen molar-refractivity contribution in [3.8, 4) is 0 Å². The molecule has 1 aromatic heterocycles. The van der Waals surface area contributed by atoms with Gasteiger partial charge in [-0.1, -0.05) is 25.0 Å². The van der Waals surface area contributed by atoms with Crippen molar-refractivity contribution in [2.75, 3.05) is 11.4 Å². The lowest BCUT2D eigenvalue weighted by Crippen LogP contribution is -2.22. The van der Waals surface area contributed by atoms with Crippen LogP contribution in [0, 0.1) is 11.7 Å². The lowest BCUT2D eigenvalue weighted by Gasteiger charge is -2.25. The predicted molar refractivity (Wildman–Crippen MR) is 88.8 cm³/mol. The van der Waals surface area contributed by atoms with Gasteiger partial charge in [-0.25, -0.2) is 5.10 Å². The molecular formula is C16H22N4S. The average molecular weight is 302 g/mol. The molecule has 0 saturated heterocycles. The van der Waals surface area contributed by atoms with Gasteiger partial charge in [0.25, 0.3) is 0 Å². The summed E-state index contributed by atoms with van der Waals surface area (Å²) in [6.45, 7) is 5.14. The zero-order chi connectivity index (χ0) is 14.8. The van der Waals surface area contributed by atoms with Crippen molar-refractivity contribution < 1.29 is 0 Å². The van der Waals surface area contributed by atoms with E-state index in [0.29, 0.717) is 6.04 Å². The van der Waals surface area contributed by atoms with E-state index in [1.54, 1.807) is 0 Å². The van der Waals surface area contributed by atoms with Crippen LogP contribution in [-0.4, -0.2) is 21.3 Å². The summed E-state index contributed by atoms with van der Waals surface area (Å²) < 4.78 is 2.96. The predicted octanol–water partition coefficient (Wildman–Crippen LogP) is 4.52. The van der Waals surface area contributed by atoms with Crippen LogP contribution >= 0.6 is 12.2 Å². The lowest BCUT2D eigenvalue weighted by molar-refractivity contribution is 0.511. The molecule has 0 spiro atoms. The summed E-state index contributed by atoms with van der Waals surface area (Å²) in [5.41, 5.74) is 2.43. The summed E-state index contributed by atoms with van der Waals surface area (Å²) in [5.74, 6) is 0.944. The molecule has 3 rings (SSSR count). The van der Waals surface area contributed by atoms with Gasteiger partial charge >= 0.3 is 0 Å². The second-order valence-electron chi connectivity index (χ2n) is 5.72. The Morgan fingerprint density at radius 2 is 2.14 bits per heavy atom. The highest BCUT2D eigenvalue weighted by atomic mass is 32.1. The van der Waals surface area contributed by atoms with Crippen LogP contribution in [0.15, 0.2) is 24.3 Å². The standard InChI is InChI=1S/C16H22N4S/c1-3-19(14-10-6-7-12(2)11-14)15-17-18-16(21)20(15)13-8-4-5-9-13/h6-7,10-11,13H,3-5,8-9H2,1-2H3,(H,18,21). The van der Waals surface area contributed by atoms with Gasteiger partial charge in [0.15, 0.2) is 4.77 Å². The van der Waals surface area contributed by atoms with Crippen LogP contribution in [0.5, 0.6) is 0 Å². The van der Waals surface area contributed by atoms with Gasteiger partial charge in [0.05, 0.1) is 0 Å². The molecule has 1 aliphatic carbocycles. The zero-order valence-corrected chi connectivity index (χ0v) is 13.5. The smallest absolute Gasteiger partial charge is 0.230 e. The Kier molecular flexibility index (Phi) is 4.10. The third-order valence-electron chi connectivity index (χ3n) is 4.25. The highest BCUT2D eigenvalue weighted by Gasteiger charge is 2.24. The summed E-state index contributed by atoms with van der Waals surface area (Å²) >= 11 is 5.47. The van der Waals surface area contributed by atoms with Crippen molar-refractivity contribution >= 4 is 23.9 Å². The van der Waals surface area contributed by atoms with Gasteiger partial charge in [-0.15, -0.1) is 5.10 Å². The van der Waals surface area contributed by atoms with Crippen molar-refractivity contribution in [3.63, 3.8) is 0 Å². The maximum Gasteiger partial charge on any atom is 0.230 e. The molecule has 4 nitrogen and oxygen atoms in total. The van der Waals surface area contributed by atoms with E-state index in [1.165, 1.54) is 36.9 Å². The quantitative estimate of drug-likeness (QED) is 0.844. The summed E-state index contributed by atoms with van der Waals surface area (Å²) in [6, 6.07) is 9.03. The first-order valence-electron chi connectivity index (χ1n) is 7.72. The number of H-pyrrole nitrogens is 1. The zero-order valence-electron chi connectivity index (χ0n) is 12.7. The molecular weight excluding hydrogens is 280 g/mol. The first-order valence-corrected chi connectivity index (χ1v) is 8.12. The Bertz CT molecular complexity index is 667. The van der Waals surface area contributed by atoms with Gasteiger partial charge < -0.3 is 4.90 Å². The summed E-state index contributed by atoms with van der Waals surface area (Å²) in [7, 11) is 0. The maximum atomic E-state index is 5.47. The van der Waals surface area contributed by atoms with Gasteiger partial charge in [0.2, 0.25) is 5.95 Å². The molecule has 0 aliphatic heterocycles. The van der Waals surface area contributed by atoms with Crippen LogP contribution < -0.4 is 4.90 Å². The molecule has 5 heteroatoms. The van der Waals surface area contributed by atoms with E-state index in [1.807, 2.05) is 0 Å². The van der Waals surface area contributed by atoms with Crippen molar-refractivity contribution in [1.82, 2.24) is 14.8 Å². The number of aryl methyl sites for hydroxylation is 1. The Morgan fingerprint density at radius 3 is 2.81 bits per heavy atom. The van der Waals surface area contributed by atoms with Crippen LogP contribution in [0.4, 0.5) is 11.6 Å². The monoisotopic (exact) mass is 302 g/mol. The molecule has 1 fully saturated rings. The van der Waals surface area contributed by atoms with Crippen molar-refractivity contribution in [2.45, 2.75) is 45.6 Å². The SMILES string of the molecule is CCN(c1cccc(C)c1)c1n[nH]c(=S)n1C1CCCC1. The number of rotatable bonds is 4. The fourth-order valence-electron chi connectivity index (χ4n) is 3.21. The molecule has 0 atom stereocenters. The van der Waals surface area contributed by atoms with Gasteiger partial charge in [-0.2, -0.15) is 0 Å². The first-order chi connectivity index (χ1) is 10.2. The number of nitrogens with one attached hydrogen (secondary N) is 1. The lowest BCUT2D eigenvalue weighted by atomic mass is 10.2. The first kappa shape index (κ1) is 14.3. The molecule has 0 unspecified atom stereocenters. The Balaban J connectivity index is 2.03. The molecule has 1 saturated carbocycles. The van der Waals surface area contributed by atoms with Crippen LogP contribution in [0.3, 0.4) is 0 Å². The number of anilines is 2. The molecule has 1 aliphatic rings. The normalized spacial score (nSPS) is 15.5. The fourth-order valence-corrected chi connectivity index (χ4v) is 3.49. The van der Waals surface area contributed by atoms with Gasteiger partial charge in [0.1, 0.15) is 0 Å². The molecule has 21 heavy (non-hydrogen) atoms. The largest absolute Gasteiger partial charge is 0.311 e. The number of benzene rings is 1. The number of nitrogens with zero attached hydrogens (tertiary/aromatic N) is 3. The average Bonchev–Trinajstić information content (AvgIpc) is 3.10. The third kappa shape index (κ3) is 2.75. The summed E-state index contributed by atoms with van der Waals surface area (Å²) in [6.07, 6.45) is 4.97. The molecule has 0 bridgehead atoms. The Morgan fingerprint density at radius 1 is 1.38 bits per heavy atom. The highest BCUT2D eigenvalue weighted by Crippen LogP contribution is 2.34. The van der Waals surface area contributed by atoms with E-state index in [9.17, 15) is 0 Å². The summed E-state index contributed by atoms with van der Waals surface area (Å²) in [4.78, 5) is 2.23. The van der Waals surface area contributed by atoms with Crippen LogP contribution in [0.2, 0.25) is 0 Å². The minimum Gasteiger partial charge on any atom is -0.311 e. The molecule has 1 heterocycles. The number of aromatic amines is 1. The Hall–Kier alpha value is -1.62. The summed E-state index contributed by atoms with van der Waals surface area (Å²) in [5, 5.41) is 7.50.